The Labute approximate surface area is 167 Å². The number of hydrogen-bond donors (Lipinski definition) is 2. The molecule has 0 aromatic heterocycles. The van der Waals surface area contributed by atoms with Gasteiger partial charge in [0.1, 0.15) is 5.75 Å². The summed E-state index contributed by atoms with van der Waals surface area (Å²) in [6, 6.07) is 14.7. The molecule has 2 aromatic carbocycles. The van der Waals surface area contributed by atoms with Crippen molar-refractivity contribution in [1.29, 1.82) is 0 Å². The van der Waals surface area contributed by atoms with Gasteiger partial charge in [0.25, 0.3) is 11.8 Å². The summed E-state index contributed by atoms with van der Waals surface area (Å²) in [6.45, 7) is 10.2. The Balaban J connectivity index is 1.97. The molecule has 0 aliphatic rings. The minimum absolute atomic E-state index is 0.0649. The molecule has 2 N–H and O–H groups in total. The number of hydrogen-bond acceptors (Lipinski definition) is 3. The molecule has 0 aliphatic heterocycles. The van der Waals surface area contributed by atoms with Crippen molar-refractivity contribution in [1.82, 2.24) is 5.32 Å². The predicted octanol–water partition coefficient (Wildman–Crippen LogP) is 4.53. The highest BCUT2D eigenvalue weighted by molar-refractivity contribution is 6.04. The van der Waals surface area contributed by atoms with E-state index >= 15 is 0 Å². The monoisotopic (exact) mass is 382 g/mol. The standard InChI is InChI=1S/C23H30N2O3/c1-6-16(2)24-22(27)19-9-7-8-10-20(19)25-21(26)15-28-18-13-11-17(12-14-18)23(3,4)5/h7-14,16H,6,15H2,1-5H3,(H,24,27)(H,25,26)/t16-/m0/s1. The van der Waals surface area contributed by atoms with Gasteiger partial charge >= 0.3 is 0 Å². The van der Waals surface area contributed by atoms with Gasteiger partial charge in [0.2, 0.25) is 0 Å². The van der Waals surface area contributed by atoms with Gasteiger partial charge in [-0.2, -0.15) is 0 Å². The smallest absolute Gasteiger partial charge is 0.262 e. The summed E-state index contributed by atoms with van der Waals surface area (Å²) in [5.41, 5.74) is 2.17. The zero-order valence-corrected chi connectivity index (χ0v) is 17.3. The van der Waals surface area contributed by atoms with Crippen molar-refractivity contribution in [2.45, 2.75) is 52.5 Å². The number of amides is 2. The lowest BCUT2D eigenvalue weighted by Gasteiger charge is -2.19. The molecule has 0 radical (unpaired) electrons. The molecule has 2 aromatic rings. The molecule has 0 unspecified atom stereocenters. The Morgan fingerprint density at radius 3 is 2.29 bits per heavy atom. The van der Waals surface area contributed by atoms with Crippen molar-refractivity contribution in [3.8, 4) is 5.75 Å². The van der Waals surface area contributed by atoms with E-state index in [0.29, 0.717) is 17.0 Å². The molecule has 0 fully saturated rings. The van der Waals surface area contributed by atoms with E-state index in [2.05, 4.69) is 31.4 Å². The van der Waals surface area contributed by atoms with Crippen LogP contribution in [0.5, 0.6) is 5.75 Å². The van der Waals surface area contributed by atoms with Gasteiger partial charge in [-0.3, -0.25) is 9.59 Å². The lowest BCUT2D eigenvalue weighted by molar-refractivity contribution is -0.118. The highest BCUT2D eigenvalue weighted by Crippen LogP contribution is 2.24. The van der Waals surface area contributed by atoms with Crippen molar-refractivity contribution in [3.05, 3.63) is 59.7 Å². The molecule has 0 saturated heterocycles. The molecule has 0 heterocycles. The number of benzene rings is 2. The van der Waals surface area contributed by atoms with Crippen LogP contribution in [0.25, 0.3) is 0 Å². The first-order valence-electron chi connectivity index (χ1n) is 9.63. The van der Waals surface area contributed by atoms with E-state index < -0.39 is 0 Å². The van der Waals surface area contributed by atoms with E-state index in [1.165, 1.54) is 5.56 Å². The van der Waals surface area contributed by atoms with Crippen LogP contribution < -0.4 is 15.4 Å². The summed E-state index contributed by atoms with van der Waals surface area (Å²) >= 11 is 0. The van der Waals surface area contributed by atoms with Crippen LogP contribution in [-0.2, 0) is 10.2 Å². The second-order valence-corrected chi connectivity index (χ2v) is 7.94. The zero-order valence-electron chi connectivity index (χ0n) is 17.3. The van der Waals surface area contributed by atoms with E-state index in [1.807, 2.05) is 38.1 Å². The number of ether oxygens (including phenoxy) is 1. The minimum atomic E-state index is -0.316. The van der Waals surface area contributed by atoms with Crippen molar-refractivity contribution in [2.75, 3.05) is 11.9 Å². The van der Waals surface area contributed by atoms with E-state index in [1.54, 1.807) is 24.3 Å². The van der Waals surface area contributed by atoms with Crippen LogP contribution in [0.2, 0.25) is 0 Å². The maximum atomic E-state index is 12.4. The van der Waals surface area contributed by atoms with Crippen LogP contribution in [0.3, 0.4) is 0 Å². The average molecular weight is 383 g/mol. The quantitative estimate of drug-likeness (QED) is 0.739. The summed E-state index contributed by atoms with van der Waals surface area (Å²) in [7, 11) is 0. The van der Waals surface area contributed by atoms with E-state index in [0.717, 1.165) is 6.42 Å². The van der Waals surface area contributed by atoms with E-state index in [4.69, 9.17) is 4.74 Å². The molecule has 0 spiro atoms. The number of carbonyl (C=O) groups is 2. The summed E-state index contributed by atoms with van der Waals surface area (Å²) in [6.07, 6.45) is 0.835. The molecular weight excluding hydrogens is 352 g/mol. The van der Waals surface area contributed by atoms with Crippen LogP contribution >= 0.6 is 0 Å². The lowest BCUT2D eigenvalue weighted by Crippen LogP contribution is -2.33. The molecule has 5 heteroatoms. The average Bonchev–Trinajstić information content (AvgIpc) is 2.66. The number of para-hydroxylation sites is 1. The van der Waals surface area contributed by atoms with Gasteiger partial charge in [0, 0.05) is 6.04 Å². The van der Waals surface area contributed by atoms with Crippen molar-refractivity contribution in [2.24, 2.45) is 0 Å². The molecule has 28 heavy (non-hydrogen) atoms. The van der Waals surface area contributed by atoms with Gasteiger partial charge in [0.15, 0.2) is 6.61 Å². The normalized spacial score (nSPS) is 12.2. The maximum absolute atomic E-state index is 12.4. The molecule has 0 aliphatic carbocycles. The second-order valence-electron chi connectivity index (χ2n) is 7.94. The fourth-order valence-electron chi connectivity index (χ4n) is 2.58. The Hall–Kier alpha value is -2.82. The Morgan fingerprint density at radius 1 is 1.04 bits per heavy atom. The molecule has 1 atom stereocenters. The van der Waals surface area contributed by atoms with Crippen LogP contribution in [0.4, 0.5) is 5.69 Å². The largest absolute Gasteiger partial charge is 0.484 e. The molecule has 2 rings (SSSR count). The maximum Gasteiger partial charge on any atom is 0.262 e. The molecular formula is C23H30N2O3. The number of anilines is 1. The van der Waals surface area contributed by atoms with Crippen LogP contribution in [0.15, 0.2) is 48.5 Å². The van der Waals surface area contributed by atoms with Gasteiger partial charge < -0.3 is 15.4 Å². The molecule has 0 saturated carbocycles. The van der Waals surface area contributed by atoms with Gasteiger partial charge in [-0.05, 0) is 48.6 Å². The SMILES string of the molecule is CC[C@H](C)NC(=O)c1ccccc1NC(=O)COc1ccc(C(C)(C)C)cc1. The summed E-state index contributed by atoms with van der Waals surface area (Å²) in [5, 5.41) is 5.68. The molecule has 5 nitrogen and oxygen atoms in total. The zero-order chi connectivity index (χ0) is 20.7. The number of nitrogens with one attached hydrogen (secondary N) is 2. The minimum Gasteiger partial charge on any atom is -0.484 e. The topological polar surface area (TPSA) is 67.4 Å². The van der Waals surface area contributed by atoms with Gasteiger partial charge in [-0.15, -0.1) is 0 Å². The third kappa shape index (κ3) is 6.12. The summed E-state index contributed by atoms with van der Waals surface area (Å²) in [5.74, 6) is 0.110. The first-order valence-corrected chi connectivity index (χ1v) is 9.63. The van der Waals surface area contributed by atoms with Crippen LogP contribution in [0, 0.1) is 0 Å². The predicted molar refractivity (Wildman–Crippen MR) is 113 cm³/mol. The molecule has 0 bridgehead atoms. The highest BCUT2D eigenvalue weighted by atomic mass is 16.5. The van der Waals surface area contributed by atoms with Crippen molar-refractivity contribution >= 4 is 17.5 Å². The number of rotatable bonds is 7. The first kappa shape index (κ1) is 21.5. The fourth-order valence-corrected chi connectivity index (χ4v) is 2.58. The molecule has 150 valence electrons. The second kappa shape index (κ2) is 9.40. The lowest BCUT2D eigenvalue weighted by atomic mass is 9.87. The van der Waals surface area contributed by atoms with Crippen molar-refractivity contribution < 1.29 is 14.3 Å². The number of carbonyl (C=O) groups excluding carboxylic acids is 2. The van der Waals surface area contributed by atoms with Crippen molar-refractivity contribution in [3.63, 3.8) is 0 Å². The Bertz CT molecular complexity index is 807. The van der Waals surface area contributed by atoms with Gasteiger partial charge in [-0.1, -0.05) is 52.0 Å². The van der Waals surface area contributed by atoms with E-state index in [-0.39, 0.29) is 29.9 Å². The third-order valence-electron chi connectivity index (χ3n) is 4.53. The molecule has 2 amide bonds. The third-order valence-corrected chi connectivity index (χ3v) is 4.53. The van der Waals surface area contributed by atoms with E-state index in [9.17, 15) is 9.59 Å². The summed E-state index contributed by atoms with van der Waals surface area (Å²) < 4.78 is 5.58. The highest BCUT2D eigenvalue weighted by Gasteiger charge is 2.15. The summed E-state index contributed by atoms with van der Waals surface area (Å²) in [4.78, 5) is 24.7. The fraction of sp³-hybridized carbons (Fsp3) is 0.391. The first-order chi connectivity index (χ1) is 13.2. The van der Waals surface area contributed by atoms with Crippen LogP contribution in [0.1, 0.15) is 57.0 Å². The Morgan fingerprint density at radius 2 is 1.68 bits per heavy atom. The van der Waals surface area contributed by atoms with Crippen LogP contribution in [-0.4, -0.2) is 24.5 Å². The Kier molecular flexibility index (Phi) is 7.21. The van der Waals surface area contributed by atoms with Gasteiger partial charge in [-0.25, -0.2) is 0 Å². The van der Waals surface area contributed by atoms with Gasteiger partial charge in [0.05, 0.1) is 11.3 Å².